The summed E-state index contributed by atoms with van der Waals surface area (Å²) in [6.07, 6.45) is 7.34. The van der Waals surface area contributed by atoms with Gasteiger partial charge in [-0.15, -0.1) is 0 Å². The number of hydrogen-bond donors (Lipinski definition) is 1. The molecular formula is C28H34N4OS. The maximum Gasteiger partial charge on any atom is 0.244 e. The summed E-state index contributed by atoms with van der Waals surface area (Å²) in [5.41, 5.74) is 2.27. The number of aromatic nitrogens is 1. The van der Waals surface area contributed by atoms with Crippen LogP contribution < -0.4 is 10.2 Å². The van der Waals surface area contributed by atoms with Crippen LogP contribution in [0.1, 0.15) is 30.4 Å². The highest BCUT2D eigenvalue weighted by Gasteiger charge is 2.30. The number of aryl methyl sites for hydroxylation is 1. The molecule has 1 N–H and O–H groups in total. The van der Waals surface area contributed by atoms with E-state index in [0.29, 0.717) is 11.8 Å². The summed E-state index contributed by atoms with van der Waals surface area (Å²) >= 11 is 1.60. The van der Waals surface area contributed by atoms with Gasteiger partial charge in [0.15, 0.2) is 0 Å². The van der Waals surface area contributed by atoms with Gasteiger partial charge in [-0.05, 0) is 66.9 Å². The highest BCUT2D eigenvalue weighted by atomic mass is 32.1. The van der Waals surface area contributed by atoms with Crippen LogP contribution in [0, 0.1) is 18.8 Å². The summed E-state index contributed by atoms with van der Waals surface area (Å²) in [7, 11) is 0. The zero-order chi connectivity index (χ0) is 23.3. The van der Waals surface area contributed by atoms with Gasteiger partial charge >= 0.3 is 0 Å². The molecule has 178 valence electrons. The molecular weight excluding hydrogens is 440 g/mol. The molecule has 1 saturated heterocycles. The predicted molar refractivity (Wildman–Crippen MR) is 142 cm³/mol. The van der Waals surface area contributed by atoms with E-state index in [1.54, 1.807) is 17.6 Å². The molecule has 1 amide bonds. The average Bonchev–Trinajstić information content (AvgIpc) is 3.49. The van der Waals surface area contributed by atoms with Crippen molar-refractivity contribution in [1.82, 2.24) is 14.6 Å². The van der Waals surface area contributed by atoms with Gasteiger partial charge in [0, 0.05) is 50.7 Å². The van der Waals surface area contributed by atoms with E-state index in [9.17, 15) is 4.79 Å². The summed E-state index contributed by atoms with van der Waals surface area (Å²) in [5.74, 6) is 2.42. The van der Waals surface area contributed by atoms with E-state index in [1.165, 1.54) is 34.9 Å². The van der Waals surface area contributed by atoms with E-state index >= 15 is 0 Å². The molecule has 5 nitrogen and oxygen atoms in total. The zero-order valence-electron chi connectivity index (χ0n) is 20.0. The first-order valence-corrected chi connectivity index (χ1v) is 13.3. The highest BCUT2D eigenvalue weighted by molar-refractivity contribution is 7.13. The van der Waals surface area contributed by atoms with E-state index in [2.05, 4.69) is 58.4 Å². The quantitative estimate of drug-likeness (QED) is 0.491. The number of benzene rings is 2. The Morgan fingerprint density at radius 2 is 1.91 bits per heavy atom. The second-order valence-corrected chi connectivity index (χ2v) is 10.5. The van der Waals surface area contributed by atoms with E-state index in [1.807, 2.05) is 18.2 Å². The molecule has 0 unspecified atom stereocenters. The fourth-order valence-corrected chi connectivity index (χ4v) is 6.23. The molecule has 2 atom stereocenters. The monoisotopic (exact) mass is 474 g/mol. The van der Waals surface area contributed by atoms with Crippen molar-refractivity contribution in [3.63, 3.8) is 0 Å². The number of nitrogens with one attached hydrogen (secondary N) is 1. The van der Waals surface area contributed by atoms with Crippen molar-refractivity contribution in [3.8, 4) is 0 Å². The number of piperazine rings is 1. The Kier molecular flexibility index (Phi) is 7.26. The van der Waals surface area contributed by atoms with Crippen LogP contribution in [0.3, 0.4) is 0 Å². The van der Waals surface area contributed by atoms with Crippen molar-refractivity contribution >= 4 is 39.4 Å². The maximum absolute atomic E-state index is 12.4. The largest absolute Gasteiger partial charge is 0.353 e. The van der Waals surface area contributed by atoms with Crippen molar-refractivity contribution in [3.05, 3.63) is 65.7 Å². The minimum atomic E-state index is 0.0104. The van der Waals surface area contributed by atoms with Gasteiger partial charge in [0.25, 0.3) is 0 Å². The summed E-state index contributed by atoms with van der Waals surface area (Å²) in [5, 5.41) is 4.44. The second kappa shape index (κ2) is 10.7. The fourth-order valence-electron chi connectivity index (χ4n) is 5.43. The molecule has 1 aliphatic heterocycles. The molecule has 5 rings (SSSR count). The molecule has 3 aromatic rings. The summed E-state index contributed by atoms with van der Waals surface area (Å²) < 4.78 is 6.01. The lowest BCUT2D eigenvalue weighted by atomic mass is 9.95. The van der Waals surface area contributed by atoms with Crippen LogP contribution in [0.2, 0.25) is 0 Å². The van der Waals surface area contributed by atoms with Crippen molar-refractivity contribution in [1.29, 1.82) is 0 Å². The van der Waals surface area contributed by atoms with Gasteiger partial charge < -0.3 is 10.2 Å². The van der Waals surface area contributed by atoms with Crippen LogP contribution >= 0.6 is 11.5 Å². The number of rotatable bonds is 7. The third kappa shape index (κ3) is 5.50. The Hall–Kier alpha value is -2.70. The molecule has 2 aliphatic rings. The van der Waals surface area contributed by atoms with Crippen molar-refractivity contribution in [2.45, 2.75) is 26.2 Å². The second-order valence-electron chi connectivity index (χ2n) is 9.73. The number of amides is 1. The van der Waals surface area contributed by atoms with Crippen LogP contribution in [0.4, 0.5) is 5.82 Å². The summed E-state index contributed by atoms with van der Waals surface area (Å²) in [6.45, 7) is 8.23. The van der Waals surface area contributed by atoms with E-state index in [0.717, 1.165) is 50.6 Å². The Balaban J connectivity index is 1.09. The van der Waals surface area contributed by atoms with Gasteiger partial charge in [-0.25, -0.2) is 0 Å². The number of nitrogens with zero attached hydrogens (tertiary/aromatic N) is 3. The number of anilines is 1. The standard InChI is InChI=1S/C28H34N4OS/c1-21-6-4-7-22(18-21)12-13-27(33)29-19-23-8-5-9-24(23)20-31-14-16-32(17-15-31)28-25-10-2-3-11-26(25)34-30-28/h2-4,6-7,10-13,18,23-24H,5,8-9,14-17,19-20H2,1H3,(H,29,33)/t23-,24-/m1/s1. The number of carbonyl (C=O) groups excluding carboxylic acids is 1. The fraction of sp³-hybridized carbons (Fsp3) is 0.429. The molecule has 0 spiro atoms. The van der Waals surface area contributed by atoms with Crippen LogP contribution in [0.5, 0.6) is 0 Å². The SMILES string of the molecule is Cc1cccc(C=CC(=O)NC[C@H]2CCC[C@@H]2CN2CCN(c3nsc4ccccc34)CC2)c1. The molecule has 0 bridgehead atoms. The van der Waals surface area contributed by atoms with Crippen LogP contribution in [0.15, 0.2) is 54.6 Å². The first-order chi connectivity index (χ1) is 16.7. The molecule has 6 heteroatoms. The van der Waals surface area contributed by atoms with Gasteiger partial charge in [0.2, 0.25) is 5.91 Å². The average molecular weight is 475 g/mol. The molecule has 2 heterocycles. The molecule has 1 aromatic heterocycles. The van der Waals surface area contributed by atoms with Crippen molar-refractivity contribution in [2.75, 3.05) is 44.2 Å². The Labute approximate surface area is 206 Å². The van der Waals surface area contributed by atoms with Crippen LogP contribution in [-0.2, 0) is 4.79 Å². The van der Waals surface area contributed by atoms with E-state index in [-0.39, 0.29) is 5.91 Å². The number of carbonyl (C=O) groups is 1. The molecule has 1 aliphatic carbocycles. The summed E-state index contributed by atoms with van der Waals surface area (Å²) in [4.78, 5) is 17.4. The van der Waals surface area contributed by atoms with Gasteiger partial charge in [0.1, 0.15) is 5.82 Å². The lowest BCUT2D eigenvalue weighted by Gasteiger charge is -2.37. The van der Waals surface area contributed by atoms with Gasteiger partial charge in [-0.3, -0.25) is 9.69 Å². The minimum Gasteiger partial charge on any atom is -0.353 e. The first kappa shape index (κ1) is 23.1. The van der Waals surface area contributed by atoms with Gasteiger partial charge in [-0.2, -0.15) is 4.37 Å². The van der Waals surface area contributed by atoms with Crippen LogP contribution in [-0.4, -0.2) is 54.4 Å². The normalized spacial score (nSPS) is 21.5. The molecule has 0 radical (unpaired) electrons. The lowest BCUT2D eigenvalue weighted by Crippen LogP contribution is -2.48. The third-order valence-electron chi connectivity index (χ3n) is 7.35. The Morgan fingerprint density at radius 1 is 1.09 bits per heavy atom. The predicted octanol–water partition coefficient (Wildman–Crippen LogP) is 4.97. The molecule has 1 saturated carbocycles. The van der Waals surface area contributed by atoms with Gasteiger partial charge in [0.05, 0.1) is 4.70 Å². The third-order valence-corrected chi connectivity index (χ3v) is 8.16. The summed E-state index contributed by atoms with van der Waals surface area (Å²) in [6, 6.07) is 16.7. The van der Waals surface area contributed by atoms with E-state index in [4.69, 9.17) is 4.37 Å². The first-order valence-electron chi connectivity index (χ1n) is 12.5. The topological polar surface area (TPSA) is 48.5 Å². The highest BCUT2D eigenvalue weighted by Crippen LogP contribution is 2.33. The smallest absolute Gasteiger partial charge is 0.244 e. The number of fused-ring (bicyclic) bond motifs is 1. The molecule has 34 heavy (non-hydrogen) atoms. The molecule has 2 fully saturated rings. The Morgan fingerprint density at radius 3 is 2.76 bits per heavy atom. The minimum absolute atomic E-state index is 0.0104. The van der Waals surface area contributed by atoms with Crippen molar-refractivity contribution < 1.29 is 4.79 Å². The number of hydrogen-bond acceptors (Lipinski definition) is 5. The van der Waals surface area contributed by atoms with Gasteiger partial charge in [-0.1, -0.05) is 48.4 Å². The Bertz CT molecular complexity index is 1150. The lowest BCUT2D eigenvalue weighted by molar-refractivity contribution is -0.116. The van der Waals surface area contributed by atoms with Crippen LogP contribution in [0.25, 0.3) is 16.2 Å². The molecule has 2 aromatic carbocycles. The maximum atomic E-state index is 12.4. The zero-order valence-corrected chi connectivity index (χ0v) is 20.8. The van der Waals surface area contributed by atoms with E-state index < -0.39 is 0 Å². The van der Waals surface area contributed by atoms with Crippen molar-refractivity contribution in [2.24, 2.45) is 11.8 Å².